The van der Waals surface area contributed by atoms with Crippen LogP contribution in [0.5, 0.6) is 0 Å². The van der Waals surface area contributed by atoms with Crippen molar-refractivity contribution in [1.82, 2.24) is 5.32 Å². The fraction of sp³-hybridized carbons (Fsp3) is 1.00. The maximum absolute atomic E-state index is 3.69. The van der Waals surface area contributed by atoms with Gasteiger partial charge in [-0.1, -0.05) is 51.9 Å². The molecule has 1 heteroatoms. The van der Waals surface area contributed by atoms with E-state index in [1.54, 1.807) is 0 Å². The highest BCUT2D eigenvalue weighted by Gasteiger charge is 2.41. The van der Waals surface area contributed by atoms with E-state index >= 15 is 0 Å². The predicted molar refractivity (Wildman–Crippen MR) is 82.0 cm³/mol. The number of unbranched alkanes of at least 4 members (excludes halogenated alkanes) is 6. The number of hydrogen-bond donors (Lipinski definition) is 1. The Morgan fingerprint density at radius 1 is 0.889 bits per heavy atom. The minimum atomic E-state index is 0.287. The van der Waals surface area contributed by atoms with Crippen molar-refractivity contribution in [3.63, 3.8) is 0 Å². The van der Waals surface area contributed by atoms with E-state index in [1.165, 1.54) is 70.8 Å². The van der Waals surface area contributed by atoms with Gasteiger partial charge in [0.25, 0.3) is 0 Å². The third-order valence-corrected chi connectivity index (χ3v) is 4.26. The Bertz CT molecular complexity index is 210. The molecular weight excluding hydrogens is 218 g/mol. The Labute approximate surface area is 115 Å². The van der Waals surface area contributed by atoms with Crippen LogP contribution in [0.2, 0.25) is 0 Å². The molecule has 0 aromatic heterocycles. The van der Waals surface area contributed by atoms with Crippen molar-refractivity contribution in [2.24, 2.45) is 5.41 Å². The largest absolute Gasteiger partial charge is 0.312 e. The van der Waals surface area contributed by atoms with Crippen LogP contribution in [-0.4, -0.2) is 12.1 Å². The minimum absolute atomic E-state index is 0.287. The quantitative estimate of drug-likeness (QED) is 0.521. The Morgan fingerprint density at radius 3 is 1.94 bits per heavy atom. The lowest BCUT2D eigenvalue weighted by Crippen LogP contribution is -2.39. The van der Waals surface area contributed by atoms with Crippen LogP contribution in [0.4, 0.5) is 0 Å². The standard InChI is InChI=1S/C17H35N/c1-5-6-7-8-9-10-11-12-17(13-14-17)15-18-16(2,3)4/h18H,5-15H2,1-4H3. The molecule has 108 valence electrons. The van der Waals surface area contributed by atoms with E-state index in [9.17, 15) is 0 Å². The fourth-order valence-corrected chi connectivity index (χ4v) is 2.60. The number of rotatable bonds is 10. The Morgan fingerprint density at radius 2 is 1.44 bits per heavy atom. The predicted octanol–water partition coefficient (Wildman–Crippen LogP) is 5.30. The molecule has 0 spiro atoms. The SMILES string of the molecule is CCCCCCCCCC1(CNC(C)(C)C)CC1. The first-order valence-electron chi connectivity index (χ1n) is 8.22. The lowest BCUT2D eigenvalue weighted by atomic mass is 9.96. The monoisotopic (exact) mass is 253 g/mol. The first-order valence-corrected chi connectivity index (χ1v) is 8.22. The van der Waals surface area contributed by atoms with Crippen molar-refractivity contribution in [2.75, 3.05) is 6.54 Å². The summed E-state index contributed by atoms with van der Waals surface area (Å²) in [7, 11) is 0. The van der Waals surface area contributed by atoms with Crippen LogP contribution in [0.25, 0.3) is 0 Å². The van der Waals surface area contributed by atoms with E-state index in [-0.39, 0.29) is 5.54 Å². The molecule has 0 aromatic carbocycles. The van der Waals surface area contributed by atoms with Crippen molar-refractivity contribution < 1.29 is 0 Å². The zero-order valence-corrected chi connectivity index (χ0v) is 13.3. The van der Waals surface area contributed by atoms with Gasteiger partial charge >= 0.3 is 0 Å². The van der Waals surface area contributed by atoms with Gasteiger partial charge in [0.05, 0.1) is 0 Å². The molecule has 0 atom stereocenters. The van der Waals surface area contributed by atoms with Gasteiger partial charge in [-0.3, -0.25) is 0 Å². The smallest absolute Gasteiger partial charge is 0.00967 e. The third-order valence-electron chi connectivity index (χ3n) is 4.26. The van der Waals surface area contributed by atoms with Crippen LogP contribution < -0.4 is 5.32 Å². The second-order valence-electron chi connectivity index (χ2n) is 7.47. The summed E-state index contributed by atoms with van der Waals surface area (Å²) in [4.78, 5) is 0. The summed E-state index contributed by atoms with van der Waals surface area (Å²) < 4.78 is 0. The van der Waals surface area contributed by atoms with Crippen LogP contribution >= 0.6 is 0 Å². The maximum atomic E-state index is 3.69. The van der Waals surface area contributed by atoms with E-state index in [0.29, 0.717) is 5.41 Å². The normalized spacial score (nSPS) is 18.0. The molecule has 0 unspecified atom stereocenters. The van der Waals surface area contributed by atoms with E-state index < -0.39 is 0 Å². The van der Waals surface area contributed by atoms with Gasteiger partial charge in [0, 0.05) is 12.1 Å². The molecule has 1 aliphatic rings. The van der Waals surface area contributed by atoms with Gasteiger partial charge in [0.1, 0.15) is 0 Å². The second-order valence-corrected chi connectivity index (χ2v) is 7.47. The molecule has 0 bridgehead atoms. The minimum Gasteiger partial charge on any atom is -0.312 e. The average molecular weight is 253 g/mol. The summed E-state index contributed by atoms with van der Waals surface area (Å²) >= 11 is 0. The Hall–Kier alpha value is -0.0400. The van der Waals surface area contributed by atoms with E-state index in [4.69, 9.17) is 0 Å². The molecule has 0 radical (unpaired) electrons. The van der Waals surface area contributed by atoms with E-state index in [0.717, 1.165) is 0 Å². The number of nitrogens with one attached hydrogen (secondary N) is 1. The summed E-state index contributed by atoms with van der Waals surface area (Å²) in [6, 6.07) is 0. The molecule has 1 fully saturated rings. The van der Waals surface area contributed by atoms with Crippen LogP contribution in [0, 0.1) is 5.41 Å². The van der Waals surface area contributed by atoms with Crippen molar-refractivity contribution in [3.8, 4) is 0 Å². The van der Waals surface area contributed by atoms with Crippen molar-refractivity contribution in [3.05, 3.63) is 0 Å². The van der Waals surface area contributed by atoms with Crippen LogP contribution in [0.1, 0.15) is 91.9 Å². The van der Waals surface area contributed by atoms with Gasteiger partial charge in [-0.15, -0.1) is 0 Å². The van der Waals surface area contributed by atoms with Gasteiger partial charge in [0.2, 0.25) is 0 Å². The molecule has 0 heterocycles. The molecule has 1 nitrogen and oxygen atoms in total. The molecule has 0 saturated heterocycles. The van der Waals surface area contributed by atoms with Crippen LogP contribution in [-0.2, 0) is 0 Å². The van der Waals surface area contributed by atoms with Gasteiger partial charge in [-0.05, 0) is 45.4 Å². The third kappa shape index (κ3) is 7.41. The summed E-state index contributed by atoms with van der Waals surface area (Å²) in [5.74, 6) is 0. The van der Waals surface area contributed by atoms with Gasteiger partial charge in [-0.25, -0.2) is 0 Å². The summed E-state index contributed by atoms with van der Waals surface area (Å²) in [6.07, 6.45) is 14.5. The second kappa shape index (κ2) is 7.53. The highest BCUT2D eigenvalue weighted by atomic mass is 15.0. The highest BCUT2D eigenvalue weighted by Crippen LogP contribution is 2.49. The van der Waals surface area contributed by atoms with Gasteiger partial charge < -0.3 is 5.32 Å². The van der Waals surface area contributed by atoms with Crippen LogP contribution in [0.15, 0.2) is 0 Å². The van der Waals surface area contributed by atoms with Crippen molar-refractivity contribution in [2.45, 2.75) is 97.4 Å². The zero-order valence-electron chi connectivity index (χ0n) is 13.3. The summed E-state index contributed by atoms with van der Waals surface area (Å²) in [5, 5.41) is 3.69. The summed E-state index contributed by atoms with van der Waals surface area (Å²) in [5.41, 5.74) is 0.979. The Balaban J connectivity index is 1.98. The van der Waals surface area contributed by atoms with Crippen molar-refractivity contribution in [1.29, 1.82) is 0 Å². The van der Waals surface area contributed by atoms with E-state index in [1.807, 2.05) is 0 Å². The lowest BCUT2D eigenvalue weighted by molar-refractivity contribution is 0.335. The molecule has 1 saturated carbocycles. The molecule has 1 N–H and O–H groups in total. The topological polar surface area (TPSA) is 12.0 Å². The Kier molecular flexibility index (Phi) is 6.70. The van der Waals surface area contributed by atoms with Gasteiger partial charge in [-0.2, -0.15) is 0 Å². The van der Waals surface area contributed by atoms with Crippen molar-refractivity contribution >= 4 is 0 Å². The maximum Gasteiger partial charge on any atom is 0.00967 e. The first kappa shape index (κ1) is 16.0. The molecule has 1 aliphatic carbocycles. The molecule has 0 aliphatic heterocycles. The number of hydrogen-bond acceptors (Lipinski definition) is 1. The lowest BCUT2D eigenvalue weighted by Gasteiger charge is -2.25. The summed E-state index contributed by atoms with van der Waals surface area (Å²) in [6.45, 7) is 10.4. The molecule has 0 amide bonds. The van der Waals surface area contributed by atoms with E-state index in [2.05, 4.69) is 33.0 Å². The molecule has 0 aromatic rings. The highest BCUT2D eigenvalue weighted by molar-refractivity contribution is 4.95. The fourth-order valence-electron chi connectivity index (χ4n) is 2.60. The van der Waals surface area contributed by atoms with Crippen LogP contribution in [0.3, 0.4) is 0 Å². The van der Waals surface area contributed by atoms with Gasteiger partial charge in [0.15, 0.2) is 0 Å². The zero-order chi connectivity index (χ0) is 13.5. The molecular formula is C17H35N. The average Bonchev–Trinajstić information content (AvgIpc) is 3.05. The first-order chi connectivity index (χ1) is 8.47. The molecule has 1 rings (SSSR count). The molecule has 18 heavy (non-hydrogen) atoms.